The Morgan fingerprint density at radius 1 is 0.672 bits per heavy atom. The van der Waals surface area contributed by atoms with Gasteiger partial charge < -0.3 is 47.5 Å². The normalized spacial score (nSPS) is 13.3. The number of methoxy groups -OCH3 is 1. The first-order valence-corrected chi connectivity index (χ1v) is 18.9. The van der Waals surface area contributed by atoms with Gasteiger partial charge in [0.05, 0.1) is 7.11 Å². The number of hydrazine groups is 1. The molecule has 58 heavy (non-hydrogen) atoms. The molecule has 19 heteroatoms. The molecule has 0 aliphatic carbocycles. The number of hydrogen-bond donors (Lipinski definition) is 9. The maximum absolute atomic E-state index is 13.9. The predicted molar refractivity (Wildman–Crippen MR) is 215 cm³/mol. The predicted octanol–water partition coefficient (Wildman–Crippen LogP) is 0.626. The number of benzene rings is 2. The van der Waals surface area contributed by atoms with Crippen molar-refractivity contribution in [2.75, 3.05) is 13.7 Å². The molecule has 0 aromatic heterocycles. The van der Waals surface area contributed by atoms with Crippen LogP contribution >= 0.6 is 0 Å². The van der Waals surface area contributed by atoms with E-state index < -0.39 is 77.8 Å². The van der Waals surface area contributed by atoms with Gasteiger partial charge in [-0.05, 0) is 49.1 Å². The van der Waals surface area contributed by atoms with Crippen LogP contribution in [-0.2, 0) is 46.5 Å². The Kier molecular flexibility index (Phi) is 20.6. The zero-order valence-electron chi connectivity index (χ0n) is 33.8. The minimum Gasteiger partial charge on any atom is -0.467 e. The molecule has 2 rings (SSSR count). The number of amides is 7. The maximum atomic E-state index is 13.9. The van der Waals surface area contributed by atoms with Crippen LogP contribution in [0, 0.1) is 11.8 Å². The number of carbonyl (C=O) groups is 7. The Morgan fingerprint density at radius 3 is 1.83 bits per heavy atom. The third kappa shape index (κ3) is 18.0. The first-order valence-electron chi connectivity index (χ1n) is 18.9. The zero-order chi connectivity index (χ0) is 43.2. The monoisotopic (exact) mass is 810 g/mol. The van der Waals surface area contributed by atoms with Crippen LogP contribution in [0.3, 0.4) is 0 Å². The number of hydrogen-bond acceptors (Lipinski definition) is 10. The summed E-state index contributed by atoms with van der Waals surface area (Å²) in [5, 5.41) is 12.9. The molecule has 7 amide bonds. The van der Waals surface area contributed by atoms with Crippen molar-refractivity contribution in [3.63, 3.8) is 0 Å². The van der Waals surface area contributed by atoms with E-state index in [4.69, 9.17) is 16.2 Å². The van der Waals surface area contributed by atoms with Crippen LogP contribution in [0.2, 0.25) is 0 Å². The van der Waals surface area contributed by atoms with E-state index in [1.54, 1.807) is 68.4 Å². The van der Waals surface area contributed by atoms with Crippen molar-refractivity contribution >= 4 is 47.7 Å². The minimum absolute atomic E-state index is 0.00523. The summed E-state index contributed by atoms with van der Waals surface area (Å²) in [6, 6.07) is 11.2. The van der Waals surface area contributed by atoms with Gasteiger partial charge in [-0.1, -0.05) is 88.4 Å². The van der Waals surface area contributed by atoms with Crippen LogP contribution < -0.4 is 48.9 Å². The highest BCUT2D eigenvalue weighted by Gasteiger charge is 2.32. The lowest BCUT2D eigenvalue weighted by molar-refractivity contribution is -0.144. The summed E-state index contributed by atoms with van der Waals surface area (Å²) in [5.74, 6) is -4.19. The molecular formula is C39H58N10O9. The number of aliphatic imine (C=N–C) groups is 1. The van der Waals surface area contributed by atoms with Gasteiger partial charge in [-0.25, -0.2) is 19.8 Å². The van der Waals surface area contributed by atoms with E-state index in [1.165, 1.54) is 14.0 Å². The van der Waals surface area contributed by atoms with Crippen LogP contribution in [0.5, 0.6) is 0 Å². The Labute approximate surface area is 338 Å². The van der Waals surface area contributed by atoms with Crippen LogP contribution in [0.1, 0.15) is 65.0 Å². The van der Waals surface area contributed by atoms with Gasteiger partial charge in [-0.3, -0.25) is 29.6 Å². The van der Waals surface area contributed by atoms with E-state index in [0.717, 1.165) is 5.56 Å². The van der Waals surface area contributed by atoms with Gasteiger partial charge in [-0.15, -0.1) is 0 Å². The lowest BCUT2D eigenvalue weighted by Gasteiger charge is -2.26. The molecule has 0 aliphatic rings. The van der Waals surface area contributed by atoms with Crippen molar-refractivity contribution in [1.82, 2.24) is 37.4 Å². The number of nitrogens with one attached hydrogen (secondary N) is 7. The summed E-state index contributed by atoms with van der Waals surface area (Å²) < 4.78 is 9.96. The minimum atomic E-state index is -1.26. The standard InChI is InChI=1S/C39H58N10O9/c1-23(2)20-29(44-32(50)28(18-13-19-42-37(40)41)46-39(56)58-22-27-16-11-8-12-17-27)33(51)45-30(21-26-14-9-7-10-15-26)34(52)48-49-38(55)47-31(24(3)4)35(53)43-25(5)36(54)57-6/h7-12,14-17,23-25,28-31H,13,18-22H2,1-6H3,(H,43,53)(H,44,50)(H,45,51)(H,46,56)(H,48,52)(H4,40,41,42)(H2,47,49,55)/t25-,28-,29-,30-,31-/m0/s1. The Hall–Kier alpha value is -6.40. The van der Waals surface area contributed by atoms with Gasteiger partial charge in [0.2, 0.25) is 17.7 Å². The van der Waals surface area contributed by atoms with Gasteiger partial charge in [0, 0.05) is 13.0 Å². The summed E-state index contributed by atoms with van der Waals surface area (Å²) >= 11 is 0. The average molecular weight is 811 g/mol. The second-order valence-electron chi connectivity index (χ2n) is 14.2. The van der Waals surface area contributed by atoms with Crippen molar-refractivity contribution < 1.29 is 43.0 Å². The number of nitrogens with zero attached hydrogens (tertiary/aromatic N) is 1. The molecule has 318 valence electrons. The smallest absolute Gasteiger partial charge is 0.408 e. The van der Waals surface area contributed by atoms with Crippen LogP contribution in [0.25, 0.3) is 0 Å². The van der Waals surface area contributed by atoms with Gasteiger partial charge >= 0.3 is 18.1 Å². The fourth-order valence-electron chi connectivity index (χ4n) is 5.44. The molecule has 0 saturated heterocycles. The highest BCUT2D eigenvalue weighted by atomic mass is 16.5. The number of rotatable bonds is 21. The molecule has 0 spiro atoms. The maximum Gasteiger partial charge on any atom is 0.408 e. The largest absolute Gasteiger partial charge is 0.467 e. The number of nitrogens with two attached hydrogens (primary N) is 2. The number of alkyl carbamates (subject to hydrolysis) is 1. The van der Waals surface area contributed by atoms with Gasteiger partial charge in [0.25, 0.3) is 5.91 Å². The summed E-state index contributed by atoms with van der Waals surface area (Å²) in [6.07, 6.45) is -0.317. The Morgan fingerprint density at radius 2 is 1.26 bits per heavy atom. The van der Waals surface area contributed by atoms with E-state index in [-0.39, 0.29) is 44.3 Å². The van der Waals surface area contributed by atoms with Gasteiger partial charge in [-0.2, -0.15) is 0 Å². The second kappa shape index (κ2) is 25.0. The van der Waals surface area contributed by atoms with E-state index >= 15 is 0 Å². The van der Waals surface area contributed by atoms with Crippen LogP contribution in [0.15, 0.2) is 65.7 Å². The number of urea groups is 1. The molecule has 0 fully saturated rings. The van der Waals surface area contributed by atoms with E-state index in [1.807, 2.05) is 19.9 Å². The highest BCUT2D eigenvalue weighted by Crippen LogP contribution is 2.10. The van der Waals surface area contributed by atoms with Crippen molar-refractivity contribution in [3.8, 4) is 0 Å². The van der Waals surface area contributed by atoms with Crippen LogP contribution in [0.4, 0.5) is 9.59 Å². The molecule has 2 aromatic carbocycles. The molecule has 0 saturated carbocycles. The number of esters is 1. The van der Waals surface area contributed by atoms with Crippen molar-refractivity contribution in [2.24, 2.45) is 28.3 Å². The van der Waals surface area contributed by atoms with Crippen molar-refractivity contribution in [2.45, 2.75) is 97.1 Å². The molecular weight excluding hydrogens is 752 g/mol. The van der Waals surface area contributed by atoms with Gasteiger partial charge in [0.1, 0.15) is 36.8 Å². The quantitative estimate of drug-likeness (QED) is 0.0277. The zero-order valence-corrected chi connectivity index (χ0v) is 33.8. The Bertz CT molecular complexity index is 1690. The summed E-state index contributed by atoms with van der Waals surface area (Å²) in [7, 11) is 1.18. The molecule has 19 nitrogen and oxygen atoms in total. The molecule has 0 aliphatic heterocycles. The summed E-state index contributed by atoms with van der Waals surface area (Å²) in [4.78, 5) is 95.4. The van der Waals surface area contributed by atoms with E-state index in [9.17, 15) is 33.6 Å². The lowest BCUT2D eigenvalue weighted by atomic mass is 10.0. The summed E-state index contributed by atoms with van der Waals surface area (Å²) in [5.41, 5.74) is 16.8. The van der Waals surface area contributed by atoms with E-state index in [2.05, 4.69) is 47.2 Å². The number of carbonyl (C=O) groups excluding carboxylic acids is 7. The summed E-state index contributed by atoms with van der Waals surface area (Å²) in [6.45, 7) is 8.59. The SMILES string of the molecule is COC(=O)[C@H](C)NC(=O)[C@@H](NC(=O)NNC(=O)[C@H](Cc1ccccc1)NC(=O)[C@H](CC(C)C)NC(=O)[C@H](CCCN=C(N)N)NC(=O)OCc1ccccc1)C(C)C. The molecule has 2 aromatic rings. The van der Waals surface area contributed by atoms with Crippen molar-refractivity contribution in [1.29, 1.82) is 0 Å². The molecule has 0 unspecified atom stereocenters. The number of guanidine groups is 1. The second-order valence-corrected chi connectivity index (χ2v) is 14.2. The topological polar surface area (TPSA) is 287 Å². The molecule has 5 atom stereocenters. The third-order valence-electron chi connectivity index (χ3n) is 8.47. The molecule has 11 N–H and O–H groups in total. The van der Waals surface area contributed by atoms with E-state index in [0.29, 0.717) is 12.0 Å². The first kappa shape index (κ1) is 47.8. The average Bonchev–Trinajstić information content (AvgIpc) is 3.18. The van der Waals surface area contributed by atoms with Gasteiger partial charge in [0.15, 0.2) is 5.96 Å². The Balaban J connectivity index is 2.22. The molecule has 0 radical (unpaired) electrons. The molecule has 0 bridgehead atoms. The fraction of sp³-hybridized carbons (Fsp3) is 0.487. The lowest BCUT2D eigenvalue weighted by Crippen LogP contribution is -2.60. The number of ether oxygens (including phenoxy) is 2. The third-order valence-corrected chi connectivity index (χ3v) is 8.47. The van der Waals surface area contributed by atoms with Crippen molar-refractivity contribution in [3.05, 3.63) is 71.8 Å². The first-order chi connectivity index (χ1) is 27.5. The van der Waals surface area contributed by atoms with Crippen LogP contribution in [-0.4, -0.2) is 91.5 Å². The fourth-order valence-corrected chi connectivity index (χ4v) is 5.44. The highest BCUT2D eigenvalue weighted by molar-refractivity contribution is 5.95. The molecule has 0 heterocycles.